The van der Waals surface area contributed by atoms with E-state index in [1.165, 1.54) is 30.7 Å². The van der Waals surface area contributed by atoms with Gasteiger partial charge in [0.1, 0.15) is 11.4 Å². The Morgan fingerprint density at radius 3 is 2.84 bits per heavy atom. The van der Waals surface area contributed by atoms with Gasteiger partial charge in [-0.3, -0.25) is 0 Å². The Labute approximate surface area is 110 Å². The van der Waals surface area contributed by atoms with Crippen LogP contribution in [0.25, 0.3) is 17.2 Å². The minimum absolute atomic E-state index is 0.347. The number of carbonyl (C=O) groups is 1. The van der Waals surface area contributed by atoms with Crippen LogP contribution in [0.5, 0.6) is 0 Å². The molecule has 0 saturated heterocycles. The van der Waals surface area contributed by atoms with Crippen LogP contribution in [0.15, 0.2) is 30.6 Å². The molecule has 0 N–H and O–H groups in total. The maximum Gasteiger partial charge on any atom is 0.332 e. The summed E-state index contributed by atoms with van der Waals surface area (Å²) in [6.07, 6.45) is 4.31. The molecule has 0 radical (unpaired) electrons. The van der Waals surface area contributed by atoms with Crippen LogP contribution in [0.2, 0.25) is 0 Å². The highest BCUT2D eigenvalue weighted by molar-refractivity contribution is 5.86. The summed E-state index contributed by atoms with van der Waals surface area (Å²) in [4.78, 5) is 15.6. The third-order valence-electron chi connectivity index (χ3n) is 2.31. The standard InChI is InChI=1S/C14H15FN2O2/c1-14(2,3)19-13(18)6-7-17-9-16-11-5-4-10(15)8-12(11)17/h4-9H,1-3H3/b7-6+. The number of aromatic nitrogens is 2. The van der Waals surface area contributed by atoms with Crippen LogP contribution in [-0.4, -0.2) is 21.1 Å². The molecule has 0 saturated carbocycles. The first-order chi connectivity index (χ1) is 8.85. The molecule has 1 aromatic carbocycles. The van der Waals surface area contributed by atoms with Crippen LogP contribution in [0.4, 0.5) is 4.39 Å². The van der Waals surface area contributed by atoms with Gasteiger partial charge in [-0.25, -0.2) is 14.2 Å². The Morgan fingerprint density at radius 2 is 2.16 bits per heavy atom. The lowest BCUT2D eigenvalue weighted by molar-refractivity contribution is -0.148. The molecular formula is C14H15FN2O2. The second kappa shape index (κ2) is 4.84. The highest BCUT2D eigenvalue weighted by atomic mass is 19.1. The molecule has 0 bridgehead atoms. The summed E-state index contributed by atoms with van der Waals surface area (Å²) >= 11 is 0. The highest BCUT2D eigenvalue weighted by Gasteiger charge is 2.14. The van der Waals surface area contributed by atoms with Gasteiger partial charge in [-0.05, 0) is 32.9 Å². The van der Waals surface area contributed by atoms with E-state index in [1.807, 2.05) is 0 Å². The Morgan fingerprint density at radius 1 is 1.42 bits per heavy atom. The van der Waals surface area contributed by atoms with Gasteiger partial charge in [0.25, 0.3) is 0 Å². The SMILES string of the molecule is CC(C)(C)OC(=O)/C=C/n1cnc2ccc(F)cc21. The zero-order valence-corrected chi connectivity index (χ0v) is 11.1. The van der Waals surface area contributed by atoms with Crippen molar-refractivity contribution in [2.75, 3.05) is 0 Å². The van der Waals surface area contributed by atoms with Crippen molar-refractivity contribution in [3.05, 3.63) is 36.4 Å². The lowest BCUT2D eigenvalue weighted by atomic mass is 10.2. The number of hydrogen-bond donors (Lipinski definition) is 0. The molecule has 0 spiro atoms. The Hall–Kier alpha value is -2.17. The second-order valence-electron chi connectivity index (χ2n) is 5.13. The predicted molar refractivity (Wildman–Crippen MR) is 70.9 cm³/mol. The van der Waals surface area contributed by atoms with Crippen LogP contribution >= 0.6 is 0 Å². The lowest BCUT2D eigenvalue weighted by Crippen LogP contribution is -2.22. The van der Waals surface area contributed by atoms with Gasteiger partial charge < -0.3 is 9.30 Å². The van der Waals surface area contributed by atoms with Gasteiger partial charge in [0.05, 0.1) is 17.4 Å². The van der Waals surface area contributed by atoms with E-state index in [-0.39, 0.29) is 5.82 Å². The first kappa shape index (κ1) is 13.3. The lowest BCUT2D eigenvalue weighted by Gasteiger charge is -2.17. The molecule has 1 heterocycles. The summed E-state index contributed by atoms with van der Waals surface area (Å²) in [7, 11) is 0. The van der Waals surface area contributed by atoms with Gasteiger partial charge in [-0.15, -0.1) is 0 Å². The van der Waals surface area contributed by atoms with Gasteiger partial charge in [-0.1, -0.05) is 0 Å². The molecule has 0 unspecified atom stereocenters. The molecule has 1 aromatic heterocycles. The number of imidazole rings is 1. The van der Waals surface area contributed by atoms with Crippen LogP contribution in [0.3, 0.4) is 0 Å². The molecule has 2 rings (SSSR count). The van der Waals surface area contributed by atoms with E-state index >= 15 is 0 Å². The first-order valence-corrected chi connectivity index (χ1v) is 5.88. The van der Waals surface area contributed by atoms with E-state index in [1.54, 1.807) is 31.4 Å². The van der Waals surface area contributed by atoms with Crippen LogP contribution in [0, 0.1) is 5.82 Å². The maximum atomic E-state index is 13.2. The normalized spacial score (nSPS) is 12.2. The number of esters is 1. The molecule has 19 heavy (non-hydrogen) atoms. The zero-order chi connectivity index (χ0) is 14.0. The van der Waals surface area contributed by atoms with Crippen molar-refractivity contribution in [1.29, 1.82) is 0 Å². The van der Waals surface area contributed by atoms with Gasteiger partial charge in [0.15, 0.2) is 0 Å². The van der Waals surface area contributed by atoms with Crippen LogP contribution < -0.4 is 0 Å². The number of halogens is 1. The van der Waals surface area contributed by atoms with Crippen molar-refractivity contribution >= 4 is 23.2 Å². The summed E-state index contributed by atoms with van der Waals surface area (Å²) in [5, 5.41) is 0. The molecule has 0 fully saturated rings. The molecular weight excluding hydrogens is 247 g/mol. The van der Waals surface area contributed by atoms with Crippen molar-refractivity contribution < 1.29 is 13.9 Å². The Kier molecular flexibility index (Phi) is 3.38. The fourth-order valence-electron chi connectivity index (χ4n) is 1.59. The molecule has 0 amide bonds. The van der Waals surface area contributed by atoms with Gasteiger partial charge in [0, 0.05) is 18.3 Å². The second-order valence-corrected chi connectivity index (χ2v) is 5.13. The first-order valence-electron chi connectivity index (χ1n) is 5.88. The maximum absolute atomic E-state index is 13.2. The fourth-order valence-corrected chi connectivity index (χ4v) is 1.59. The Bertz CT molecular complexity index is 638. The minimum atomic E-state index is -0.537. The number of hydrogen-bond acceptors (Lipinski definition) is 3. The molecule has 2 aromatic rings. The quantitative estimate of drug-likeness (QED) is 0.617. The summed E-state index contributed by atoms with van der Waals surface area (Å²) in [6.45, 7) is 5.38. The number of ether oxygens (including phenoxy) is 1. The smallest absolute Gasteiger partial charge is 0.332 e. The average Bonchev–Trinajstić information content (AvgIpc) is 2.66. The molecule has 100 valence electrons. The average molecular weight is 262 g/mol. The topological polar surface area (TPSA) is 44.1 Å². The van der Waals surface area contributed by atoms with Gasteiger partial charge >= 0.3 is 5.97 Å². The van der Waals surface area contributed by atoms with E-state index in [2.05, 4.69) is 4.98 Å². The summed E-state index contributed by atoms with van der Waals surface area (Å²) < 4.78 is 19.9. The van der Waals surface area contributed by atoms with Gasteiger partial charge in [0.2, 0.25) is 0 Å². The highest BCUT2D eigenvalue weighted by Crippen LogP contribution is 2.14. The molecule has 0 atom stereocenters. The van der Waals surface area contributed by atoms with Crippen molar-refractivity contribution in [2.24, 2.45) is 0 Å². The molecule has 0 aliphatic carbocycles. The van der Waals surface area contributed by atoms with Gasteiger partial charge in [-0.2, -0.15) is 0 Å². The van der Waals surface area contributed by atoms with E-state index in [4.69, 9.17) is 4.74 Å². The number of benzene rings is 1. The number of carbonyl (C=O) groups excluding carboxylic acids is 1. The largest absolute Gasteiger partial charge is 0.457 e. The van der Waals surface area contributed by atoms with E-state index < -0.39 is 11.6 Å². The predicted octanol–water partition coefficient (Wildman–Crippen LogP) is 2.99. The number of fused-ring (bicyclic) bond motifs is 1. The summed E-state index contributed by atoms with van der Waals surface area (Å²) in [5.74, 6) is -0.800. The Balaban J connectivity index is 2.22. The van der Waals surface area contributed by atoms with Crippen LogP contribution in [-0.2, 0) is 9.53 Å². The summed E-state index contributed by atoms with van der Waals surface area (Å²) in [6, 6.07) is 4.29. The number of rotatable bonds is 2. The monoisotopic (exact) mass is 262 g/mol. The molecule has 4 nitrogen and oxygen atoms in total. The van der Waals surface area contributed by atoms with E-state index in [0.29, 0.717) is 11.0 Å². The van der Waals surface area contributed by atoms with Crippen LogP contribution in [0.1, 0.15) is 20.8 Å². The fraction of sp³-hybridized carbons (Fsp3) is 0.286. The molecule has 0 aliphatic heterocycles. The van der Waals surface area contributed by atoms with E-state index in [9.17, 15) is 9.18 Å². The van der Waals surface area contributed by atoms with E-state index in [0.717, 1.165) is 0 Å². The van der Waals surface area contributed by atoms with Crippen molar-refractivity contribution in [2.45, 2.75) is 26.4 Å². The third kappa shape index (κ3) is 3.40. The molecule has 0 aliphatic rings. The van der Waals surface area contributed by atoms with Crippen molar-refractivity contribution in [3.63, 3.8) is 0 Å². The number of nitrogens with zero attached hydrogens (tertiary/aromatic N) is 2. The molecule has 5 heteroatoms. The summed E-state index contributed by atoms with van der Waals surface area (Å²) in [5.41, 5.74) is 0.722. The van der Waals surface area contributed by atoms with Crippen molar-refractivity contribution in [1.82, 2.24) is 9.55 Å². The minimum Gasteiger partial charge on any atom is -0.457 e. The zero-order valence-electron chi connectivity index (χ0n) is 11.1. The third-order valence-corrected chi connectivity index (χ3v) is 2.31. The van der Waals surface area contributed by atoms with Crippen molar-refractivity contribution in [3.8, 4) is 0 Å².